The summed E-state index contributed by atoms with van der Waals surface area (Å²) in [6.07, 6.45) is 2.25. The van der Waals surface area contributed by atoms with Crippen LogP contribution in [0.2, 0.25) is 0 Å². The van der Waals surface area contributed by atoms with Gasteiger partial charge >= 0.3 is 6.09 Å². The standard InChI is InChI=1S/C17H22N2O4/c1-12-5-6-14(11-15(12)19(21)22)13-7-9-18(10-8-13)16(20)23-17(2,3)4/h5-7,11H,8-10H2,1-4H3. The molecule has 1 aromatic rings. The Morgan fingerprint density at radius 1 is 1.35 bits per heavy atom. The minimum atomic E-state index is -0.515. The summed E-state index contributed by atoms with van der Waals surface area (Å²) >= 11 is 0. The summed E-state index contributed by atoms with van der Waals surface area (Å²) in [5, 5.41) is 11.0. The van der Waals surface area contributed by atoms with Gasteiger partial charge in [0.05, 0.1) is 4.92 Å². The number of aryl methyl sites for hydroxylation is 1. The number of nitrogens with zero attached hydrogens (tertiary/aromatic N) is 2. The lowest BCUT2D eigenvalue weighted by Gasteiger charge is -2.29. The molecule has 0 bridgehead atoms. The molecule has 0 N–H and O–H groups in total. The molecule has 0 aromatic heterocycles. The van der Waals surface area contributed by atoms with Gasteiger partial charge in [-0.25, -0.2) is 4.79 Å². The summed E-state index contributed by atoms with van der Waals surface area (Å²) in [6, 6.07) is 5.25. The van der Waals surface area contributed by atoms with Crippen molar-refractivity contribution in [2.45, 2.75) is 39.7 Å². The number of carbonyl (C=O) groups excluding carboxylic acids is 1. The molecule has 6 nitrogen and oxygen atoms in total. The number of benzene rings is 1. The second-order valence-electron chi connectivity index (χ2n) is 6.66. The lowest BCUT2D eigenvalue weighted by Crippen LogP contribution is -2.39. The molecule has 0 unspecified atom stereocenters. The van der Waals surface area contributed by atoms with E-state index < -0.39 is 5.60 Å². The monoisotopic (exact) mass is 318 g/mol. The maximum Gasteiger partial charge on any atom is 0.410 e. The van der Waals surface area contributed by atoms with E-state index in [2.05, 4.69) is 0 Å². The topological polar surface area (TPSA) is 72.7 Å². The SMILES string of the molecule is Cc1ccc(C2=CCN(C(=O)OC(C)(C)C)CC2)cc1[N+](=O)[O-]. The van der Waals surface area contributed by atoms with Crippen molar-refractivity contribution in [3.8, 4) is 0 Å². The minimum absolute atomic E-state index is 0.123. The van der Waals surface area contributed by atoms with E-state index in [4.69, 9.17) is 4.74 Å². The van der Waals surface area contributed by atoms with Gasteiger partial charge in [-0.05, 0) is 45.3 Å². The molecule has 1 amide bonds. The Morgan fingerprint density at radius 2 is 2.04 bits per heavy atom. The predicted molar refractivity (Wildman–Crippen MR) is 88.2 cm³/mol. The number of amides is 1. The molecule has 23 heavy (non-hydrogen) atoms. The first-order chi connectivity index (χ1) is 10.7. The molecule has 0 saturated carbocycles. The molecule has 0 atom stereocenters. The molecule has 1 aliphatic rings. The molecule has 0 fully saturated rings. The molecule has 1 heterocycles. The number of rotatable bonds is 2. The number of ether oxygens (including phenoxy) is 1. The van der Waals surface area contributed by atoms with Crippen molar-refractivity contribution >= 4 is 17.4 Å². The molecule has 1 aromatic carbocycles. The van der Waals surface area contributed by atoms with Crippen molar-refractivity contribution in [3.63, 3.8) is 0 Å². The van der Waals surface area contributed by atoms with Crippen LogP contribution in [0, 0.1) is 17.0 Å². The lowest BCUT2D eigenvalue weighted by atomic mass is 9.98. The maximum atomic E-state index is 12.0. The summed E-state index contributed by atoms with van der Waals surface area (Å²) in [4.78, 5) is 24.3. The highest BCUT2D eigenvalue weighted by atomic mass is 16.6. The van der Waals surface area contributed by atoms with Crippen LogP contribution >= 0.6 is 0 Å². The maximum absolute atomic E-state index is 12.0. The van der Waals surface area contributed by atoms with Crippen LogP contribution in [0.4, 0.5) is 10.5 Å². The summed E-state index contributed by atoms with van der Waals surface area (Å²) in [5.74, 6) is 0. The second kappa shape index (κ2) is 6.40. The molecule has 124 valence electrons. The Kier molecular flexibility index (Phi) is 4.73. The molecular formula is C17H22N2O4. The van der Waals surface area contributed by atoms with Crippen LogP contribution in [-0.4, -0.2) is 34.6 Å². The Labute approximate surface area is 135 Å². The summed E-state index contributed by atoms with van der Waals surface area (Å²) in [7, 11) is 0. The zero-order chi connectivity index (χ0) is 17.2. The van der Waals surface area contributed by atoms with E-state index in [9.17, 15) is 14.9 Å². The van der Waals surface area contributed by atoms with Crippen molar-refractivity contribution in [2.75, 3.05) is 13.1 Å². The predicted octanol–water partition coefficient (Wildman–Crippen LogP) is 3.93. The van der Waals surface area contributed by atoms with Gasteiger partial charge in [-0.3, -0.25) is 10.1 Å². The van der Waals surface area contributed by atoms with E-state index in [1.54, 1.807) is 24.0 Å². The van der Waals surface area contributed by atoms with Gasteiger partial charge in [-0.1, -0.05) is 18.2 Å². The molecule has 1 aliphatic heterocycles. The van der Waals surface area contributed by atoms with Crippen molar-refractivity contribution in [1.29, 1.82) is 0 Å². The Bertz CT molecular complexity index is 659. The van der Waals surface area contributed by atoms with E-state index >= 15 is 0 Å². The molecule has 6 heteroatoms. The van der Waals surface area contributed by atoms with Crippen molar-refractivity contribution in [2.24, 2.45) is 0 Å². The highest BCUT2D eigenvalue weighted by Gasteiger charge is 2.24. The number of hydrogen-bond donors (Lipinski definition) is 0. The molecule has 0 aliphatic carbocycles. The Hall–Kier alpha value is -2.37. The van der Waals surface area contributed by atoms with Crippen molar-refractivity contribution in [3.05, 3.63) is 45.5 Å². The van der Waals surface area contributed by atoms with Crippen LogP contribution in [0.5, 0.6) is 0 Å². The molecule has 0 radical (unpaired) electrons. The number of nitro benzene ring substituents is 1. The highest BCUT2D eigenvalue weighted by Crippen LogP contribution is 2.28. The first-order valence-electron chi connectivity index (χ1n) is 7.60. The van der Waals surface area contributed by atoms with Gasteiger partial charge in [0.25, 0.3) is 5.69 Å². The smallest absolute Gasteiger partial charge is 0.410 e. The van der Waals surface area contributed by atoms with Crippen LogP contribution in [0.1, 0.15) is 38.3 Å². The number of carbonyl (C=O) groups is 1. The van der Waals surface area contributed by atoms with E-state index in [0.717, 1.165) is 11.1 Å². The van der Waals surface area contributed by atoms with Crippen LogP contribution < -0.4 is 0 Å². The van der Waals surface area contributed by atoms with Crippen LogP contribution in [0.25, 0.3) is 5.57 Å². The van der Waals surface area contributed by atoms with E-state index in [0.29, 0.717) is 25.1 Å². The average Bonchev–Trinajstić information content (AvgIpc) is 2.46. The summed E-state index contributed by atoms with van der Waals surface area (Å²) < 4.78 is 5.35. The highest BCUT2D eigenvalue weighted by molar-refractivity contribution is 5.73. The minimum Gasteiger partial charge on any atom is -0.444 e. The average molecular weight is 318 g/mol. The normalized spacial score (nSPS) is 15.1. The fourth-order valence-corrected chi connectivity index (χ4v) is 2.43. The quantitative estimate of drug-likeness (QED) is 0.612. The van der Waals surface area contributed by atoms with E-state index in [-0.39, 0.29) is 16.7 Å². The molecule has 0 saturated heterocycles. The van der Waals surface area contributed by atoms with E-state index in [1.807, 2.05) is 32.9 Å². The first kappa shape index (κ1) is 17.0. The fraction of sp³-hybridized carbons (Fsp3) is 0.471. The van der Waals surface area contributed by atoms with E-state index in [1.165, 1.54) is 0 Å². The van der Waals surface area contributed by atoms with Gasteiger partial charge in [0.15, 0.2) is 0 Å². The largest absolute Gasteiger partial charge is 0.444 e. The van der Waals surface area contributed by atoms with Gasteiger partial charge < -0.3 is 9.64 Å². The van der Waals surface area contributed by atoms with Gasteiger partial charge in [-0.2, -0.15) is 0 Å². The van der Waals surface area contributed by atoms with Crippen LogP contribution in [-0.2, 0) is 4.74 Å². The second-order valence-corrected chi connectivity index (χ2v) is 6.66. The third-order valence-electron chi connectivity index (χ3n) is 3.64. The van der Waals surface area contributed by atoms with Gasteiger partial charge in [0.1, 0.15) is 5.60 Å². The Balaban J connectivity index is 2.12. The molecular weight excluding hydrogens is 296 g/mol. The van der Waals surface area contributed by atoms with Crippen LogP contribution in [0.15, 0.2) is 24.3 Å². The zero-order valence-corrected chi connectivity index (χ0v) is 14.0. The zero-order valence-electron chi connectivity index (χ0n) is 14.0. The van der Waals surface area contributed by atoms with Gasteiger partial charge in [0.2, 0.25) is 0 Å². The number of nitro groups is 1. The van der Waals surface area contributed by atoms with Gasteiger partial charge in [0, 0.05) is 24.7 Å². The third-order valence-corrected chi connectivity index (χ3v) is 3.64. The number of hydrogen-bond acceptors (Lipinski definition) is 4. The summed E-state index contributed by atoms with van der Waals surface area (Å²) in [6.45, 7) is 8.22. The van der Waals surface area contributed by atoms with Crippen molar-refractivity contribution < 1.29 is 14.5 Å². The third kappa shape index (κ3) is 4.31. The first-order valence-corrected chi connectivity index (χ1v) is 7.60. The van der Waals surface area contributed by atoms with Crippen LogP contribution in [0.3, 0.4) is 0 Å². The van der Waals surface area contributed by atoms with Gasteiger partial charge in [-0.15, -0.1) is 0 Å². The molecule has 2 rings (SSSR count). The molecule has 0 spiro atoms. The fourth-order valence-electron chi connectivity index (χ4n) is 2.43. The lowest BCUT2D eigenvalue weighted by molar-refractivity contribution is -0.385. The van der Waals surface area contributed by atoms with Crippen molar-refractivity contribution in [1.82, 2.24) is 4.90 Å². The summed E-state index contributed by atoms with van der Waals surface area (Å²) in [5.41, 5.74) is 2.11. The Morgan fingerprint density at radius 3 is 2.57 bits per heavy atom.